The lowest BCUT2D eigenvalue weighted by Gasteiger charge is -2.34. The third-order valence-electron chi connectivity index (χ3n) is 8.74. The third-order valence-corrected chi connectivity index (χ3v) is 8.74. The monoisotopic (exact) mass is 626 g/mol. The molecule has 0 amide bonds. The molecule has 2 fully saturated rings. The van der Waals surface area contributed by atoms with Gasteiger partial charge in [0.25, 0.3) is 0 Å². The zero-order valence-corrected chi connectivity index (χ0v) is 27.5. The maximum absolute atomic E-state index is 12.6. The molecule has 0 aliphatic heterocycles. The fourth-order valence-corrected chi connectivity index (χ4v) is 6.02. The fourth-order valence-electron chi connectivity index (χ4n) is 6.02. The predicted octanol–water partition coefficient (Wildman–Crippen LogP) is 6.10. The van der Waals surface area contributed by atoms with Crippen LogP contribution in [-0.2, 0) is 42.9 Å². The summed E-state index contributed by atoms with van der Waals surface area (Å²) >= 11 is 0. The number of carbonyl (C=O) groups is 5. The number of aliphatic carboxylic acids is 1. The summed E-state index contributed by atoms with van der Waals surface area (Å²) in [5.41, 5.74) is -1.77. The highest BCUT2D eigenvalue weighted by atomic mass is 16.7. The van der Waals surface area contributed by atoms with Gasteiger partial charge >= 0.3 is 30.0 Å². The van der Waals surface area contributed by atoms with Gasteiger partial charge in [0.2, 0.25) is 0 Å². The normalized spacial score (nSPS) is 24.2. The number of ether oxygens (including phenoxy) is 5. The molecule has 2 aliphatic carbocycles. The van der Waals surface area contributed by atoms with Crippen molar-refractivity contribution < 1.29 is 52.8 Å². The van der Waals surface area contributed by atoms with Crippen LogP contribution in [0.5, 0.6) is 0 Å². The molecule has 44 heavy (non-hydrogen) atoms. The van der Waals surface area contributed by atoms with Crippen molar-refractivity contribution in [2.45, 2.75) is 118 Å². The van der Waals surface area contributed by atoms with Crippen LogP contribution in [0.25, 0.3) is 0 Å². The first-order valence-electron chi connectivity index (χ1n) is 16.0. The summed E-state index contributed by atoms with van der Waals surface area (Å²) in [6.45, 7) is 8.05. The molecule has 2 rings (SSSR count). The summed E-state index contributed by atoms with van der Waals surface area (Å²) in [6, 6.07) is 0. The van der Waals surface area contributed by atoms with Crippen LogP contribution in [0.3, 0.4) is 0 Å². The van der Waals surface area contributed by atoms with E-state index in [-0.39, 0.29) is 50.0 Å². The molecule has 0 heterocycles. The molecule has 1 N–H and O–H groups in total. The van der Waals surface area contributed by atoms with Crippen molar-refractivity contribution in [3.8, 4) is 0 Å². The van der Waals surface area contributed by atoms with Gasteiger partial charge in [-0.15, -0.1) is 0 Å². The van der Waals surface area contributed by atoms with Crippen molar-refractivity contribution in [2.24, 2.45) is 34.5 Å². The number of carbonyl (C=O) groups excluding carboxylic acids is 4. The Morgan fingerprint density at radius 1 is 0.705 bits per heavy atom. The van der Waals surface area contributed by atoms with E-state index in [9.17, 15) is 29.1 Å². The van der Waals surface area contributed by atoms with Gasteiger partial charge in [-0.1, -0.05) is 46.5 Å². The molecular formula is C33H54O11. The summed E-state index contributed by atoms with van der Waals surface area (Å²) in [5.74, 6) is -0.524. The van der Waals surface area contributed by atoms with Crippen molar-refractivity contribution in [3.63, 3.8) is 0 Å². The molecule has 11 heteroatoms. The molecule has 2 saturated carbocycles. The molecular weight excluding hydrogens is 572 g/mol. The van der Waals surface area contributed by atoms with E-state index >= 15 is 0 Å². The molecule has 0 aromatic carbocycles. The summed E-state index contributed by atoms with van der Waals surface area (Å²) in [6.07, 6.45) is 8.86. The number of rotatable bonds is 15. The van der Waals surface area contributed by atoms with Gasteiger partial charge in [-0.3, -0.25) is 19.2 Å². The van der Waals surface area contributed by atoms with E-state index in [1.165, 1.54) is 20.5 Å². The van der Waals surface area contributed by atoms with E-state index in [4.69, 9.17) is 18.9 Å². The Kier molecular flexibility index (Phi) is 14.9. The topological polar surface area (TPSA) is 152 Å². The minimum absolute atomic E-state index is 0.0324. The molecule has 0 spiro atoms. The Morgan fingerprint density at radius 3 is 1.61 bits per heavy atom. The Hall–Kier alpha value is -2.85. The average Bonchev–Trinajstić information content (AvgIpc) is 2.94. The number of carboxylic acids is 1. The molecule has 252 valence electrons. The quantitative estimate of drug-likeness (QED) is 0.166. The van der Waals surface area contributed by atoms with E-state index in [2.05, 4.69) is 4.74 Å². The molecule has 0 aromatic rings. The van der Waals surface area contributed by atoms with Crippen molar-refractivity contribution in [1.82, 2.24) is 0 Å². The van der Waals surface area contributed by atoms with Gasteiger partial charge in [-0.25, -0.2) is 4.79 Å². The summed E-state index contributed by atoms with van der Waals surface area (Å²) in [5, 5.41) is 9.68. The van der Waals surface area contributed by atoms with Crippen LogP contribution in [0.2, 0.25) is 0 Å². The lowest BCUT2D eigenvalue weighted by molar-refractivity contribution is -0.166. The van der Waals surface area contributed by atoms with Gasteiger partial charge in [0.05, 0.1) is 13.5 Å². The second-order valence-electron chi connectivity index (χ2n) is 14.4. The first-order valence-corrected chi connectivity index (χ1v) is 16.0. The molecule has 0 aromatic heterocycles. The number of esters is 3. The second kappa shape index (κ2) is 17.6. The molecule has 0 bridgehead atoms. The number of hydrogen-bond acceptors (Lipinski definition) is 10. The summed E-state index contributed by atoms with van der Waals surface area (Å²) in [4.78, 5) is 59.8. The van der Waals surface area contributed by atoms with Crippen molar-refractivity contribution in [2.75, 3.05) is 26.9 Å². The van der Waals surface area contributed by atoms with E-state index in [1.807, 2.05) is 20.8 Å². The Morgan fingerprint density at radius 2 is 1.16 bits per heavy atom. The van der Waals surface area contributed by atoms with Crippen LogP contribution in [0, 0.1) is 34.5 Å². The highest BCUT2D eigenvalue weighted by molar-refractivity contribution is 5.77. The van der Waals surface area contributed by atoms with Crippen molar-refractivity contribution in [3.05, 3.63) is 0 Å². The van der Waals surface area contributed by atoms with E-state index < -0.39 is 35.6 Å². The van der Waals surface area contributed by atoms with Gasteiger partial charge < -0.3 is 28.8 Å². The highest BCUT2D eigenvalue weighted by Crippen LogP contribution is 2.40. The zero-order chi connectivity index (χ0) is 32.9. The average molecular weight is 627 g/mol. The van der Waals surface area contributed by atoms with Gasteiger partial charge in [0.15, 0.2) is 0 Å². The first kappa shape index (κ1) is 37.3. The van der Waals surface area contributed by atoms with Crippen molar-refractivity contribution in [1.29, 1.82) is 0 Å². The Balaban J connectivity index is 1.64. The van der Waals surface area contributed by atoms with E-state index in [0.29, 0.717) is 24.2 Å². The van der Waals surface area contributed by atoms with Crippen LogP contribution < -0.4 is 0 Å². The lowest BCUT2D eigenvalue weighted by Crippen LogP contribution is -2.39. The summed E-state index contributed by atoms with van der Waals surface area (Å²) < 4.78 is 25.2. The maximum Gasteiger partial charge on any atom is 0.508 e. The van der Waals surface area contributed by atoms with Crippen LogP contribution in [0.15, 0.2) is 0 Å². The zero-order valence-electron chi connectivity index (χ0n) is 27.5. The molecule has 0 saturated heterocycles. The maximum atomic E-state index is 12.6. The minimum Gasteiger partial charge on any atom is -0.481 e. The van der Waals surface area contributed by atoms with Crippen LogP contribution in [-0.4, -0.2) is 68.2 Å². The van der Waals surface area contributed by atoms with Gasteiger partial charge in [0, 0.05) is 12.8 Å². The molecule has 0 radical (unpaired) electrons. The SMILES string of the molecule is COC(=O)OCC(C)OC(=O)CC1CCC(CC2CCC(CC(=O)OCC(C)(COC(=O)CC(C)(C)C)C(=O)O)CC2)CC1. The smallest absolute Gasteiger partial charge is 0.481 e. The third kappa shape index (κ3) is 14.3. The number of methoxy groups -OCH3 is 1. The second-order valence-corrected chi connectivity index (χ2v) is 14.4. The van der Waals surface area contributed by atoms with Gasteiger partial charge in [0.1, 0.15) is 31.3 Å². The largest absolute Gasteiger partial charge is 0.508 e. The lowest BCUT2D eigenvalue weighted by atomic mass is 9.72. The van der Waals surface area contributed by atoms with E-state index in [1.54, 1.807) is 6.92 Å². The summed E-state index contributed by atoms with van der Waals surface area (Å²) in [7, 11) is 1.22. The standard InChI is InChI=1S/C33H54O11/c1-22(19-41-31(39)40-6)44-28(35)17-26-13-9-24(10-14-26)15-23-7-11-25(12-8-23)16-27(34)42-20-33(5,30(37)38)21-43-29(36)18-32(2,3)4/h22-26H,7-21H2,1-6H3,(H,37,38). The fraction of sp³-hybridized carbons (Fsp3) is 0.848. The highest BCUT2D eigenvalue weighted by Gasteiger charge is 2.38. The van der Waals surface area contributed by atoms with Crippen molar-refractivity contribution >= 4 is 30.0 Å². The van der Waals surface area contributed by atoms with E-state index in [0.717, 1.165) is 51.4 Å². The number of carboxylic acid groups (broad SMARTS) is 1. The minimum atomic E-state index is -1.50. The number of hydrogen-bond donors (Lipinski definition) is 1. The predicted molar refractivity (Wildman–Crippen MR) is 160 cm³/mol. The molecule has 2 aliphatic rings. The van der Waals surface area contributed by atoms with Gasteiger partial charge in [-0.2, -0.15) is 0 Å². The molecule has 2 unspecified atom stereocenters. The van der Waals surface area contributed by atoms with Gasteiger partial charge in [-0.05, 0) is 75.0 Å². The molecule has 11 nitrogen and oxygen atoms in total. The van der Waals surface area contributed by atoms with Crippen LogP contribution in [0.4, 0.5) is 4.79 Å². The Labute approximate surface area is 262 Å². The van der Waals surface area contributed by atoms with Crippen LogP contribution in [0.1, 0.15) is 112 Å². The Bertz CT molecular complexity index is 955. The van der Waals surface area contributed by atoms with Crippen LogP contribution >= 0.6 is 0 Å². The first-order chi connectivity index (χ1) is 20.6. The molecule has 2 atom stereocenters.